The molecule has 5 atom stereocenters. The fraction of sp³-hybridized carbons (Fsp3) is 0.444. The van der Waals surface area contributed by atoms with E-state index < -0.39 is 35.5 Å². The number of halogens is 2. The Kier molecular flexibility index (Phi) is 12.3. The molecule has 0 spiro atoms. The second-order valence-electron chi connectivity index (χ2n) is 13.2. The summed E-state index contributed by atoms with van der Waals surface area (Å²) in [6.07, 6.45) is 1.34. The quantitative estimate of drug-likeness (QED) is 0.0967. The van der Waals surface area contributed by atoms with Gasteiger partial charge in [-0.1, -0.05) is 87.6 Å². The summed E-state index contributed by atoms with van der Waals surface area (Å²) in [5, 5.41) is 20.9. The van der Waals surface area contributed by atoms with Crippen molar-refractivity contribution in [2.24, 2.45) is 11.8 Å². The highest BCUT2D eigenvalue weighted by atomic mass is 127. The van der Waals surface area contributed by atoms with E-state index in [2.05, 4.69) is 59.0 Å². The summed E-state index contributed by atoms with van der Waals surface area (Å²) in [6, 6.07) is 11.2. The van der Waals surface area contributed by atoms with Crippen LogP contribution in [0.15, 0.2) is 46.9 Å². The normalized spacial score (nSPS) is 17.8. The first-order valence-electron chi connectivity index (χ1n) is 17.0. The van der Waals surface area contributed by atoms with Gasteiger partial charge in [-0.25, -0.2) is 4.79 Å². The molecule has 2 aromatic heterocycles. The first-order valence-corrected chi connectivity index (χ1v) is 18.5. The fourth-order valence-electron chi connectivity index (χ4n) is 6.26. The lowest BCUT2D eigenvalue weighted by Gasteiger charge is -2.39. The molecular weight excluding hydrogens is 789 g/mol. The van der Waals surface area contributed by atoms with E-state index in [1.54, 1.807) is 0 Å². The fourth-order valence-corrected chi connectivity index (χ4v) is 7.42. The zero-order valence-corrected chi connectivity index (χ0v) is 32.1. The average molecular weight is 832 g/mol. The second-order valence-corrected chi connectivity index (χ2v) is 14.8. The first kappa shape index (κ1) is 38.1. The standard InChI is InChI=1S/C36H43ClIN7O6/c1-6-19(3)28(42-35(49)50-18-22-11-9-8-10-12-22)31(47)43-36(14-13-27-25(17-36)24-15-23(37)16-26(38)30(24)40-27)33(48)41-29(20(4)7-2)32-44-45-34(51-32)39-21(5)46/h8-12,15-16,19-20,28-29,40H,6-7,13-14,17-18H2,1-5H3,(H,41,48)(H,42,49)(H,43,47)(H,39,45,46)/t19?,20?,28-,29-,36-/m0/s1. The third-order valence-electron chi connectivity index (χ3n) is 9.57. The molecule has 272 valence electrons. The Hall–Kier alpha value is -4.18. The number of anilines is 1. The number of aryl methyl sites for hydroxylation is 1. The van der Waals surface area contributed by atoms with Gasteiger partial charge in [-0.3, -0.25) is 19.7 Å². The molecule has 0 aliphatic heterocycles. The Morgan fingerprint density at radius 3 is 2.47 bits per heavy atom. The monoisotopic (exact) mass is 831 g/mol. The van der Waals surface area contributed by atoms with Crippen molar-refractivity contribution in [2.75, 3.05) is 5.32 Å². The molecule has 51 heavy (non-hydrogen) atoms. The van der Waals surface area contributed by atoms with Gasteiger partial charge < -0.3 is 30.1 Å². The van der Waals surface area contributed by atoms with E-state index in [1.165, 1.54) is 6.92 Å². The van der Waals surface area contributed by atoms with Crippen molar-refractivity contribution in [1.82, 2.24) is 31.1 Å². The van der Waals surface area contributed by atoms with E-state index in [4.69, 9.17) is 20.8 Å². The number of alkyl carbamates (subject to hydrolysis) is 1. The number of ether oxygens (including phenoxy) is 1. The van der Waals surface area contributed by atoms with Crippen LogP contribution < -0.4 is 21.3 Å². The lowest BCUT2D eigenvalue weighted by molar-refractivity contribution is -0.136. The number of hydrogen-bond donors (Lipinski definition) is 5. The lowest BCUT2D eigenvalue weighted by Crippen LogP contribution is -2.65. The van der Waals surface area contributed by atoms with E-state index in [0.29, 0.717) is 24.3 Å². The van der Waals surface area contributed by atoms with Crippen LogP contribution in [0.1, 0.15) is 82.6 Å². The van der Waals surface area contributed by atoms with Gasteiger partial charge in [0.2, 0.25) is 23.6 Å². The highest BCUT2D eigenvalue weighted by Crippen LogP contribution is 2.38. The van der Waals surface area contributed by atoms with E-state index in [9.17, 15) is 19.2 Å². The highest BCUT2D eigenvalue weighted by Gasteiger charge is 2.47. The second kappa shape index (κ2) is 16.4. The maximum Gasteiger partial charge on any atom is 0.408 e. The van der Waals surface area contributed by atoms with Gasteiger partial charge in [0.25, 0.3) is 0 Å². The predicted octanol–water partition coefficient (Wildman–Crippen LogP) is 6.36. The van der Waals surface area contributed by atoms with Crippen LogP contribution in [0.25, 0.3) is 10.9 Å². The Balaban J connectivity index is 1.48. The van der Waals surface area contributed by atoms with Crippen LogP contribution in [0, 0.1) is 15.4 Å². The molecule has 0 bridgehead atoms. The number of nitrogens with one attached hydrogen (secondary N) is 5. The van der Waals surface area contributed by atoms with Crippen LogP contribution in [0.2, 0.25) is 5.02 Å². The minimum Gasteiger partial charge on any atom is -0.445 e. The molecule has 0 saturated carbocycles. The third kappa shape index (κ3) is 8.83. The zero-order chi connectivity index (χ0) is 36.9. The molecule has 0 radical (unpaired) electrons. The van der Waals surface area contributed by atoms with E-state index in [-0.39, 0.29) is 49.1 Å². The molecule has 5 rings (SSSR count). The molecule has 0 saturated heterocycles. The van der Waals surface area contributed by atoms with E-state index in [0.717, 1.165) is 31.3 Å². The van der Waals surface area contributed by atoms with Gasteiger partial charge in [0.1, 0.15) is 24.2 Å². The van der Waals surface area contributed by atoms with E-state index >= 15 is 0 Å². The number of amides is 4. The number of carbonyl (C=O) groups is 4. The van der Waals surface area contributed by atoms with Gasteiger partial charge in [-0.2, -0.15) is 0 Å². The van der Waals surface area contributed by atoms with Crippen molar-refractivity contribution < 1.29 is 28.3 Å². The molecule has 13 nitrogen and oxygen atoms in total. The Labute approximate surface area is 314 Å². The summed E-state index contributed by atoms with van der Waals surface area (Å²) < 4.78 is 12.1. The molecular formula is C36H43ClIN7O6. The van der Waals surface area contributed by atoms with Gasteiger partial charge in [-0.15, -0.1) is 5.10 Å². The van der Waals surface area contributed by atoms with Crippen LogP contribution in [0.5, 0.6) is 0 Å². The molecule has 1 aliphatic carbocycles. The van der Waals surface area contributed by atoms with Gasteiger partial charge in [0, 0.05) is 33.0 Å². The third-order valence-corrected chi connectivity index (χ3v) is 10.6. The molecule has 15 heteroatoms. The maximum absolute atomic E-state index is 14.8. The van der Waals surface area contributed by atoms with Crippen molar-refractivity contribution in [1.29, 1.82) is 0 Å². The van der Waals surface area contributed by atoms with Gasteiger partial charge in [0.15, 0.2) is 0 Å². The number of aromatic amines is 1. The van der Waals surface area contributed by atoms with Crippen molar-refractivity contribution in [3.05, 3.63) is 73.8 Å². The van der Waals surface area contributed by atoms with Crippen LogP contribution in [-0.4, -0.2) is 50.6 Å². The molecule has 0 fully saturated rings. The minimum absolute atomic E-state index is 0.0366. The number of nitrogens with zero attached hydrogens (tertiary/aromatic N) is 2. The number of H-pyrrole nitrogens is 1. The number of fused-ring (bicyclic) bond motifs is 3. The van der Waals surface area contributed by atoms with Crippen molar-refractivity contribution >= 4 is 74.9 Å². The Morgan fingerprint density at radius 2 is 1.78 bits per heavy atom. The predicted molar refractivity (Wildman–Crippen MR) is 201 cm³/mol. The number of benzene rings is 2. The largest absolute Gasteiger partial charge is 0.445 e. The Morgan fingerprint density at radius 1 is 1.06 bits per heavy atom. The average Bonchev–Trinajstić information content (AvgIpc) is 3.72. The molecule has 4 amide bonds. The van der Waals surface area contributed by atoms with Gasteiger partial charge in [0.05, 0.1) is 5.52 Å². The molecule has 2 unspecified atom stereocenters. The summed E-state index contributed by atoms with van der Waals surface area (Å²) in [5.41, 5.74) is 2.09. The molecule has 1 aliphatic rings. The van der Waals surface area contributed by atoms with Crippen LogP contribution in [0.4, 0.5) is 10.8 Å². The van der Waals surface area contributed by atoms with Crippen molar-refractivity contribution in [3.63, 3.8) is 0 Å². The van der Waals surface area contributed by atoms with Crippen molar-refractivity contribution in [2.45, 2.75) is 91.0 Å². The smallest absolute Gasteiger partial charge is 0.408 e. The number of hydrogen-bond acceptors (Lipinski definition) is 8. The highest BCUT2D eigenvalue weighted by molar-refractivity contribution is 14.1. The van der Waals surface area contributed by atoms with Crippen molar-refractivity contribution in [3.8, 4) is 0 Å². The number of aromatic nitrogens is 3. The lowest BCUT2D eigenvalue weighted by atomic mass is 9.78. The van der Waals surface area contributed by atoms with Gasteiger partial charge >= 0.3 is 12.1 Å². The minimum atomic E-state index is -1.44. The maximum atomic E-state index is 14.8. The zero-order valence-electron chi connectivity index (χ0n) is 29.2. The van der Waals surface area contributed by atoms with Gasteiger partial charge in [-0.05, 0) is 70.5 Å². The topological polar surface area (TPSA) is 180 Å². The molecule has 2 aromatic carbocycles. The number of carbonyl (C=O) groups excluding carboxylic acids is 4. The van der Waals surface area contributed by atoms with E-state index in [1.807, 2.05) is 70.2 Å². The van der Waals surface area contributed by atoms with Crippen LogP contribution in [-0.2, 0) is 38.6 Å². The summed E-state index contributed by atoms with van der Waals surface area (Å²) in [7, 11) is 0. The number of rotatable bonds is 13. The molecule has 2 heterocycles. The molecule has 4 aromatic rings. The summed E-state index contributed by atoms with van der Waals surface area (Å²) >= 11 is 8.73. The SMILES string of the molecule is CCC(C)[C@H](NC(=O)OCc1ccccc1)C(=O)N[C@@]1(C(=O)N[C@H](c2nnc(NC(C)=O)o2)C(C)CC)CCc2[nH]c3c(I)cc(Cl)cc3c2C1. The molecule has 5 N–H and O–H groups in total. The summed E-state index contributed by atoms with van der Waals surface area (Å²) in [4.78, 5) is 57.2. The summed E-state index contributed by atoms with van der Waals surface area (Å²) in [5.74, 6) is -1.68. The van der Waals surface area contributed by atoms with Crippen LogP contribution in [0.3, 0.4) is 0 Å². The summed E-state index contributed by atoms with van der Waals surface area (Å²) in [6.45, 7) is 9.05. The first-order chi connectivity index (χ1) is 24.3. The van der Waals surface area contributed by atoms with Crippen LogP contribution >= 0.6 is 34.2 Å². The Bertz CT molecular complexity index is 1900.